The maximum Gasteiger partial charge on any atom is 0.0628 e. The number of fused-ring (bicyclic) bond motifs is 1. The van der Waals surface area contributed by atoms with Crippen molar-refractivity contribution < 1.29 is 0 Å². The lowest BCUT2D eigenvalue weighted by Crippen LogP contribution is -2.40. The fourth-order valence-electron chi connectivity index (χ4n) is 2.71. The zero-order valence-corrected chi connectivity index (χ0v) is 8.58. The van der Waals surface area contributed by atoms with E-state index in [1.165, 1.54) is 25.9 Å². The standard InChI is InChI=1S/C11H18N2/c1-9(2)13-6-3-10-7-11(10,8-13)4-5-12/h9-10H,3-4,6-8H2,1-2H3. The van der Waals surface area contributed by atoms with Crippen molar-refractivity contribution in [3.8, 4) is 6.07 Å². The SMILES string of the molecule is CC(C)N1CCC2CC2(CC#N)C1. The second kappa shape index (κ2) is 2.99. The van der Waals surface area contributed by atoms with Crippen LogP contribution in [0.1, 0.15) is 33.1 Å². The van der Waals surface area contributed by atoms with Crippen molar-refractivity contribution in [3.63, 3.8) is 0 Å². The highest BCUT2D eigenvalue weighted by molar-refractivity contribution is 5.10. The van der Waals surface area contributed by atoms with Crippen molar-refractivity contribution in [2.45, 2.75) is 39.2 Å². The lowest BCUT2D eigenvalue weighted by atomic mass is 9.93. The van der Waals surface area contributed by atoms with Crippen LogP contribution < -0.4 is 0 Å². The first kappa shape index (κ1) is 9.02. The molecule has 1 saturated heterocycles. The van der Waals surface area contributed by atoms with Gasteiger partial charge in [-0.25, -0.2) is 0 Å². The second-order valence-electron chi connectivity index (χ2n) is 4.95. The van der Waals surface area contributed by atoms with Crippen LogP contribution in [0.3, 0.4) is 0 Å². The Morgan fingerprint density at radius 3 is 3.00 bits per heavy atom. The first-order chi connectivity index (χ1) is 6.18. The summed E-state index contributed by atoms with van der Waals surface area (Å²) < 4.78 is 0. The summed E-state index contributed by atoms with van der Waals surface area (Å²) in [6.07, 6.45) is 3.41. The second-order valence-corrected chi connectivity index (χ2v) is 4.95. The van der Waals surface area contributed by atoms with Crippen LogP contribution >= 0.6 is 0 Å². The van der Waals surface area contributed by atoms with Gasteiger partial charge >= 0.3 is 0 Å². The average Bonchev–Trinajstić information content (AvgIpc) is 2.77. The Morgan fingerprint density at radius 2 is 2.38 bits per heavy atom. The first-order valence-corrected chi connectivity index (χ1v) is 5.29. The molecule has 2 heteroatoms. The minimum Gasteiger partial charge on any atom is -0.300 e. The van der Waals surface area contributed by atoms with Gasteiger partial charge in [-0.15, -0.1) is 0 Å². The molecule has 2 rings (SSSR count). The fraction of sp³-hybridized carbons (Fsp3) is 0.909. The van der Waals surface area contributed by atoms with Crippen molar-refractivity contribution in [1.29, 1.82) is 5.26 Å². The smallest absolute Gasteiger partial charge is 0.0628 e. The van der Waals surface area contributed by atoms with Crippen molar-refractivity contribution in [2.24, 2.45) is 11.3 Å². The first-order valence-electron chi connectivity index (χ1n) is 5.29. The number of nitrogens with zero attached hydrogens (tertiary/aromatic N) is 2. The number of rotatable bonds is 2. The molecule has 2 nitrogen and oxygen atoms in total. The summed E-state index contributed by atoms with van der Waals surface area (Å²) >= 11 is 0. The van der Waals surface area contributed by atoms with Crippen LogP contribution in [0, 0.1) is 22.7 Å². The summed E-state index contributed by atoms with van der Waals surface area (Å²) in [6.45, 7) is 6.92. The molecular weight excluding hydrogens is 160 g/mol. The molecule has 2 unspecified atom stereocenters. The Kier molecular flexibility index (Phi) is 2.08. The summed E-state index contributed by atoms with van der Waals surface area (Å²) in [7, 11) is 0. The normalized spacial score (nSPS) is 38.5. The third-order valence-electron chi connectivity index (χ3n) is 3.80. The van der Waals surface area contributed by atoms with E-state index in [1.807, 2.05) is 0 Å². The van der Waals surface area contributed by atoms with Crippen LogP contribution in [0.25, 0.3) is 0 Å². The Labute approximate surface area is 80.5 Å². The predicted molar refractivity (Wildman–Crippen MR) is 52.1 cm³/mol. The zero-order chi connectivity index (χ0) is 9.47. The zero-order valence-electron chi connectivity index (χ0n) is 8.58. The Balaban J connectivity index is 1.99. The molecule has 1 heterocycles. The quantitative estimate of drug-likeness (QED) is 0.647. The molecule has 0 spiro atoms. The molecule has 0 amide bonds. The molecule has 0 bridgehead atoms. The molecule has 0 aromatic rings. The Hall–Kier alpha value is -0.550. The van der Waals surface area contributed by atoms with Gasteiger partial charge < -0.3 is 4.90 Å². The summed E-state index contributed by atoms with van der Waals surface area (Å²) in [5, 5.41) is 8.77. The molecule has 2 atom stereocenters. The molecule has 1 aliphatic carbocycles. The van der Waals surface area contributed by atoms with Crippen LogP contribution in [0.15, 0.2) is 0 Å². The third kappa shape index (κ3) is 1.46. The van der Waals surface area contributed by atoms with E-state index >= 15 is 0 Å². The molecular formula is C11H18N2. The van der Waals surface area contributed by atoms with Gasteiger partial charge in [0.05, 0.1) is 6.07 Å². The van der Waals surface area contributed by atoms with Crippen LogP contribution in [0.2, 0.25) is 0 Å². The Morgan fingerprint density at radius 1 is 1.62 bits per heavy atom. The number of likely N-dealkylation sites (tertiary alicyclic amines) is 1. The van der Waals surface area contributed by atoms with Gasteiger partial charge in [0, 0.05) is 19.0 Å². The maximum atomic E-state index is 8.77. The number of nitriles is 1. The number of hydrogen-bond donors (Lipinski definition) is 0. The molecule has 13 heavy (non-hydrogen) atoms. The van der Waals surface area contributed by atoms with E-state index in [1.54, 1.807) is 0 Å². The number of piperidine rings is 1. The van der Waals surface area contributed by atoms with Crippen molar-refractivity contribution in [1.82, 2.24) is 4.90 Å². The van der Waals surface area contributed by atoms with Gasteiger partial charge in [-0.05, 0) is 44.6 Å². The lowest BCUT2D eigenvalue weighted by Gasteiger charge is -2.34. The molecule has 0 N–H and O–H groups in total. The molecule has 1 aliphatic heterocycles. The lowest BCUT2D eigenvalue weighted by molar-refractivity contribution is 0.133. The van der Waals surface area contributed by atoms with E-state index in [2.05, 4.69) is 24.8 Å². The van der Waals surface area contributed by atoms with Gasteiger partial charge in [-0.1, -0.05) is 0 Å². The van der Waals surface area contributed by atoms with Crippen LogP contribution in [0.4, 0.5) is 0 Å². The minimum absolute atomic E-state index is 0.414. The summed E-state index contributed by atoms with van der Waals surface area (Å²) in [4.78, 5) is 2.53. The molecule has 0 aromatic heterocycles. The highest BCUT2D eigenvalue weighted by Gasteiger charge is 2.56. The summed E-state index contributed by atoms with van der Waals surface area (Å²) in [5.74, 6) is 0.877. The summed E-state index contributed by atoms with van der Waals surface area (Å²) in [5.41, 5.74) is 0.414. The van der Waals surface area contributed by atoms with Gasteiger partial charge in [0.15, 0.2) is 0 Å². The van der Waals surface area contributed by atoms with Gasteiger partial charge in [-0.2, -0.15) is 5.26 Å². The maximum absolute atomic E-state index is 8.77. The van der Waals surface area contributed by atoms with E-state index in [0.29, 0.717) is 11.5 Å². The average molecular weight is 178 g/mol. The van der Waals surface area contributed by atoms with E-state index < -0.39 is 0 Å². The van der Waals surface area contributed by atoms with Crippen LogP contribution in [0.5, 0.6) is 0 Å². The highest BCUT2D eigenvalue weighted by atomic mass is 15.2. The molecule has 2 fully saturated rings. The topological polar surface area (TPSA) is 27.0 Å². The van der Waals surface area contributed by atoms with E-state index in [0.717, 1.165) is 12.3 Å². The molecule has 1 saturated carbocycles. The molecule has 72 valence electrons. The van der Waals surface area contributed by atoms with Gasteiger partial charge in [0.1, 0.15) is 0 Å². The van der Waals surface area contributed by atoms with E-state index in [9.17, 15) is 0 Å². The van der Waals surface area contributed by atoms with E-state index in [-0.39, 0.29) is 0 Å². The summed E-state index contributed by atoms with van der Waals surface area (Å²) in [6, 6.07) is 3.00. The van der Waals surface area contributed by atoms with Crippen LogP contribution in [-0.2, 0) is 0 Å². The largest absolute Gasteiger partial charge is 0.300 e. The Bertz CT molecular complexity index is 241. The van der Waals surface area contributed by atoms with Crippen molar-refractivity contribution in [3.05, 3.63) is 0 Å². The molecule has 0 radical (unpaired) electrons. The van der Waals surface area contributed by atoms with Crippen LogP contribution in [-0.4, -0.2) is 24.0 Å². The van der Waals surface area contributed by atoms with Gasteiger partial charge in [0.25, 0.3) is 0 Å². The molecule has 0 aromatic carbocycles. The van der Waals surface area contributed by atoms with E-state index in [4.69, 9.17) is 5.26 Å². The van der Waals surface area contributed by atoms with Crippen molar-refractivity contribution in [2.75, 3.05) is 13.1 Å². The predicted octanol–water partition coefficient (Wildman–Crippen LogP) is 2.02. The van der Waals surface area contributed by atoms with Gasteiger partial charge in [0.2, 0.25) is 0 Å². The van der Waals surface area contributed by atoms with Gasteiger partial charge in [-0.3, -0.25) is 0 Å². The minimum atomic E-state index is 0.414. The number of hydrogen-bond acceptors (Lipinski definition) is 2. The fourth-order valence-corrected chi connectivity index (χ4v) is 2.71. The monoisotopic (exact) mass is 178 g/mol. The van der Waals surface area contributed by atoms with Crippen molar-refractivity contribution >= 4 is 0 Å². The third-order valence-corrected chi connectivity index (χ3v) is 3.80. The highest BCUT2D eigenvalue weighted by Crippen LogP contribution is 2.59. The molecule has 2 aliphatic rings.